The predicted molar refractivity (Wildman–Crippen MR) is 68.4 cm³/mol. The molecule has 2 N–H and O–H groups in total. The first-order valence-electron chi connectivity index (χ1n) is 5.77. The number of carbonyl (C=O) groups is 1. The van der Waals surface area contributed by atoms with Crippen molar-refractivity contribution >= 4 is 17.7 Å². The maximum Gasteiger partial charge on any atom is 0.233 e. The monoisotopic (exact) mass is 232 g/mol. The summed E-state index contributed by atoms with van der Waals surface area (Å²) in [5, 5.41) is 6.03. The molecule has 0 fully saturated rings. The molecule has 0 aliphatic carbocycles. The third kappa shape index (κ3) is 11.7. The molecule has 0 bridgehead atoms. The van der Waals surface area contributed by atoms with Crippen LogP contribution in [0, 0.1) is 0 Å². The quantitative estimate of drug-likeness (QED) is 0.563. The molecule has 0 atom stereocenters. The van der Waals surface area contributed by atoms with E-state index in [2.05, 4.69) is 23.8 Å². The van der Waals surface area contributed by atoms with E-state index in [1.54, 1.807) is 0 Å². The second-order valence-corrected chi connectivity index (χ2v) is 4.57. The van der Waals surface area contributed by atoms with Gasteiger partial charge in [0.05, 0.1) is 6.54 Å². The SMILES string of the molecule is CCCCNC(=O)CNCCCCSC. The Balaban J connectivity index is 3.10. The lowest BCUT2D eigenvalue weighted by Crippen LogP contribution is -2.34. The topological polar surface area (TPSA) is 41.1 Å². The number of hydrogen-bond acceptors (Lipinski definition) is 3. The number of hydrogen-bond donors (Lipinski definition) is 2. The van der Waals surface area contributed by atoms with Gasteiger partial charge in [0.2, 0.25) is 5.91 Å². The Morgan fingerprint density at radius 2 is 2.00 bits per heavy atom. The molecule has 1 amide bonds. The average Bonchev–Trinajstić information content (AvgIpc) is 2.23. The van der Waals surface area contributed by atoms with Gasteiger partial charge >= 0.3 is 0 Å². The van der Waals surface area contributed by atoms with E-state index >= 15 is 0 Å². The molecule has 0 aliphatic heterocycles. The van der Waals surface area contributed by atoms with Crippen LogP contribution in [0.15, 0.2) is 0 Å². The zero-order valence-electron chi connectivity index (χ0n) is 9.97. The van der Waals surface area contributed by atoms with Gasteiger partial charge in [-0.2, -0.15) is 11.8 Å². The molecular weight excluding hydrogens is 208 g/mol. The lowest BCUT2D eigenvalue weighted by atomic mass is 10.3. The second-order valence-electron chi connectivity index (χ2n) is 3.58. The minimum atomic E-state index is 0.119. The highest BCUT2D eigenvalue weighted by Crippen LogP contribution is 1.97. The van der Waals surface area contributed by atoms with Gasteiger partial charge in [-0.3, -0.25) is 4.79 Å². The largest absolute Gasteiger partial charge is 0.355 e. The first-order chi connectivity index (χ1) is 7.31. The van der Waals surface area contributed by atoms with Gasteiger partial charge in [-0.1, -0.05) is 13.3 Å². The third-order valence-electron chi connectivity index (χ3n) is 2.09. The van der Waals surface area contributed by atoms with E-state index < -0.39 is 0 Å². The van der Waals surface area contributed by atoms with Gasteiger partial charge in [0.25, 0.3) is 0 Å². The van der Waals surface area contributed by atoms with Crippen LogP contribution in [0.5, 0.6) is 0 Å². The van der Waals surface area contributed by atoms with Gasteiger partial charge in [-0.25, -0.2) is 0 Å². The first-order valence-corrected chi connectivity index (χ1v) is 7.17. The van der Waals surface area contributed by atoms with Crippen LogP contribution in [-0.4, -0.2) is 37.6 Å². The van der Waals surface area contributed by atoms with Gasteiger partial charge in [-0.15, -0.1) is 0 Å². The second kappa shape index (κ2) is 11.9. The molecule has 4 heteroatoms. The fourth-order valence-corrected chi connectivity index (χ4v) is 1.66. The number of unbranched alkanes of at least 4 members (excludes halogenated alkanes) is 2. The van der Waals surface area contributed by atoms with Crippen LogP contribution in [0.4, 0.5) is 0 Å². The van der Waals surface area contributed by atoms with E-state index in [9.17, 15) is 4.79 Å². The molecular formula is C11H24N2OS. The smallest absolute Gasteiger partial charge is 0.233 e. The van der Waals surface area contributed by atoms with Crippen LogP contribution in [0.25, 0.3) is 0 Å². The molecule has 0 aromatic heterocycles. The predicted octanol–water partition coefficient (Wildman–Crippen LogP) is 1.64. The molecule has 0 spiro atoms. The summed E-state index contributed by atoms with van der Waals surface area (Å²) < 4.78 is 0. The van der Waals surface area contributed by atoms with Crippen molar-refractivity contribution in [3.05, 3.63) is 0 Å². The summed E-state index contributed by atoms with van der Waals surface area (Å²) in [4.78, 5) is 11.2. The van der Waals surface area contributed by atoms with Crippen molar-refractivity contribution in [2.45, 2.75) is 32.6 Å². The minimum Gasteiger partial charge on any atom is -0.355 e. The van der Waals surface area contributed by atoms with Crippen molar-refractivity contribution in [2.75, 3.05) is 31.6 Å². The summed E-state index contributed by atoms with van der Waals surface area (Å²) in [5.74, 6) is 1.33. The summed E-state index contributed by atoms with van der Waals surface area (Å²) >= 11 is 1.87. The van der Waals surface area contributed by atoms with Crippen LogP contribution in [0.2, 0.25) is 0 Å². The van der Waals surface area contributed by atoms with Crippen LogP contribution < -0.4 is 10.6 Å². The summed E-state index contributed by atoms with van der Waals surface area (Å²) in [6, 6.07) is 0. The highest BCUT2D eigenvalue weighted by atomic mass is 32.2. The number of carbonyl (C=O) groups excluding carboxylic acids is 1. The molecule has 90 valence electrons. The fraction of sp³-hybridized carbons (Fsp3) is 0.909. The molecule has 0 aromatic carbocycles. The minimum absolute atomic E-state index is 0.119. The number of nitrogens with one attached hydrogen (secondary N) is 2. The summed E-state index contributed by atoms with van der Waals surface area (Å²) in [7, 11) is 0. The van der Waals surface area contributed by atoms with Crippen LogP contribution in [-0.2, 0) is 4.79 Å². The van der Waals surface area contributed by atoms with Crippen LogP contribution >= 0.6 is 11.8 Å². The van der Waals surface area contributed by atoms with Crippen molar-refractivity contribution in [1.82, 2.24) is 10.6 Å². The highest BCUT2D eigenvalue weighted by Gasteiger charge is 1.98. The maximum absolute atomic E-state index is 11.2. The molecule has 0 aliphatic rings. The van der Waals surface area contributed by atoms with Crippen molar-refractivity contribution in [2.24, 2.45) is 0 Å². The van der Waals surface area contributed by atoms with Crippen molar-refractivity contribution < 1.29 is 4.79 Å². The number of amides is 1. The van der Waals surface area contributed by atoms with E-state index in [1.807, 2.05) is 11.8 Å². The van der Waals surface area contributed by atoms with Crippen LogP contribution in [0.1, 0.15) is 32.6 Å². The Labute approximate surface area is 97.8 Å². The molecule has 0 rings (SSSR count). The van der Waals surface area contributed by atoms with E-state index in [0.717, 1.165) is 32.4 Å². The van der Waals surface area contributed by atoms with E-state index in [0.29, 0.717) is 6.54 Å². The molecule has 0 unspecified atom stereocenters. The normalized spacial score (nSPS) is 10.3. The lowest BCUT2D eigenvalue weighted by Gasteiger charge is -2.05. The molecule has 0 heterocycles. The Morgan fingerprint density at radius 3 is 2.67 bits per heavy atom. The van der Waals surface area contributed by atoms with E-state index in [1.165, 1.54) is 12.2 Å². The Morgan fingerprint density at radius 1 is 1.20 bits per heavy atom. The maximum atomic E-state index is 11.2. The van der Waals surface area contributed by atoms with Gasteiger partial charge in [0, 0.05) is 6.54 Å². The van der Waals surface area contributed by atoms with Gasteiger partial charge in [0.15, 0.2) is 0 Å². The Kier molecular flexibility index (Phi) is 11.7. The standard InChI is InChI=1S/C11H24N2OS/c1-3-4-8-13-11(14)10-12-7-5-6-9-15-2/h12H,3-10H2,1-2H3,(H,13,14). The molecule has 0 aromatic rings. The molecule has 0 saturated carbocycles. The fourth-order valence-electron chi connectivity index (χ4n) is 1.17. The van der Waals surface area contributed by atoms with Gasteiger partial charge < -0.3 is 10.6 Å². The molecule has 15 heavy (non-hydrogen) atoms. The summed E-state index contributed by atoms with van der Waals surface area (Å²) in [5.41, 5.74) is 0. The van der Waals surface area contributed by atoms with E-state index in [-0.39, 0.29) is 5.91 Å². The average molecular weight is 232 g/mol. The molecule has 0 saturated heterocycles. The summed E-state index contributed by atoms with van der Waals surface area (Å²) in [6.45, 7) is 4.34. The van der Waals surface area contributed by atoms with Gasteiger partial charge in [-0.05, 0) is 37.8 Å². The Hall–Kier alpha value is -0.220. The lowest BCUT2D eigenvalue weighted by molar-refractivity contribution is -0.120. The van der Waals surface area contributed by atoms with E-state index in [4.69, 9.17) is 0 Å². The first kappa shape index (κ1) is 14.8. The zero-order valence-corrected chi connectivity index (χ0v) is 10.8. The Bertz CT molecular complexity index is 154. The zero-order chi connectivity index (χ0) is 11.4. The van der Waals surface area contributed by atoms with Crippen molar-refractivity contribution in [3.8, 4) is 0 Å². The number of thioether (sulfide) groups is 1. The molecule has 0 radical (unpaired) electrons. The number of rotatable bonds is 10. The van der Waals surface area contributed by atoms with Crippen molar-refractivity contribution in [3.63, 3.8) is 0 Å². The van der Waals surface area contributed by atoms with Crippen LogP contribution in [0.3, 0.4) is 0 Å². The van der Waals surface area contributed by atoms with Crippen molar-refractivity contribution in [1.29, 1.82) is 0 Å². The van der Waals surface area contributed by atoms with Gasteiger partial charge in [0.1, 0.15) is 0 Å². The summed E-state index contributed by atoms with van der Waals surface area (Å²) in [6.07, 6.45) is 6.70. The highest BCUT2D eigenvalue weighted by molar-refractivity contribution is 7.98. The third-order valence-corrected chi connectivity index (χ3v) is 2.79. The molecule has 3 nitrogen and oxygen atoms in total.